The Morgan fingerprint density at radius 1 is 1.09 bits per heavy atom. The molecule has 5 nitrogen and oxygen atoms in total. The Morgan fingerprint density at radius 2 is 1.88 bits per heavy atom. The SMILES string of the molecule is O=C(O)C(NCCC[B]O)C1CCN(C2CCCc3cc(-c4ccccc4)ccc32)CC1. The first-order valence-corrected chi connectivity index (χ1v) is 12.0. The molecular weight excluding hydrogens is 399 g/mol. The van der Waals surface area contributed by atoms with Crippen LogP contribution in [0.5, 0.6) is 0 Å². The number of nitrogens with zero attached hydrogens (tertiary/aromatic N) is 1. The van der Waals surface area contributed by atoms with E-state index in [1.165, 1.54) is 35.1 Å². The number of piperidine rings is 1. The molecule has 169 valence electrons. The van der Waals surface area contributed by atoms with Gasteiger partial charge in [0.2, 0.25) is 0 Å². The summed E-state index contributed by atoms with van der Waals surface area (Å²) in [6.45, 7) is 2.52. The van der Waals surface area contributed by atoms with Gasteiger partial charge in [-0.1, -0.05) is 54.9 Å². The van der Waals surface area contributed by atoms with Crippen molar-refractivity contribution in [2.45, 2.75) is 56.9 Å². The van der Waals surface area contributed by atoms with Gasteiger partial charge < -0.3 is 15.4 Å². The molecule has 0 amide bonds. The van der Waals surface area contributed by atoms with Crippen LogP contribution in [0, 0.1) is 5.92 Å². The lowest BCUT2D eigenvalue weighted by molar-refractivity contribution is -0.141. The predicted molar refractivity (Wildman–Crippen MR) is 129 cm³/mol. The molecule has 3 N–H and O–H groups in total. The van der Waals surface area contributed by atoms with Crippen molar-refractivity contribution in [2.75, 3.05) is 19.6 Å². The zero-order chi connectivity index (χ0) is 22.3. The number of likely N-dealkylation sites (tertiary alicyclic amines) is 1. The third kappa shape index (κ3) is 5.42. The van der Waals surface area contributed by atoms with Crippen molar-refractivity contribution in [3.05, 3.63) is 59.7 Å². The van der Waals surface area contributed by atoms with Gasteiger partial charge in [-0.25, -0.2) is 0 Å². The predicted octanol–water partition coefficient (Wildman–Crippen LogP) is 3.91. The number of nitrogens with one attached hydrogen (secondary N) is 1. The first kappa shape index (κ1) is 23.0. The molecule has 0 aromatic heterocycles. The minimum Gasteiger partial charge on any atom is -0.480 e. The molecule has 2 aromatic rings. The number of benzene rings is 2. The van der Waals surface area contributed by atoms with Crippen LogP contribution in [0.1, 0.15) is 49.3 Å². The van der Waals surface area contributed by atoms with Crippen LogP contribution >= 0.6 is 0 Å². The number of fused-ring (bicyclic) bond motifs is 1. The van der Waals surface area contributed by atoms with Gasteiger partial charge in [0.15, 0.2) is 0 Å². The maximum absolute atomic E-state index is 11.8. The molecule has 2 atom stereocenters. The summed E-state index contributed by atoms with van der Waals surface area (Å²) in [6.07, 6.45) is 6.68. The van der Waals surface area contributed by atoms with E-state index in [2.05, 4.69) is 58.7 Å². The average Bonchev–Trinajstić information content (AvgIpc) is 2.84. The fraction of sp³-hybridized carbons (Fsp3) is 0.500. The summed E-state index contributed by atoms with van der Waals surface area (Å²) < 4.78 is 0. The molecule has 6 heteroatoms. The fourth-order valence-corrected chi connectivity index (χ4v) is 5.45. The van der Waals surface area contributed by atoms with Crippen LogP contribution in [0.15, 0.2) is 48.5 Å². The summed E-state index contributed by atoms with van der Waals surface area (Å²) >= 11 is 0. The maximum atomic E-state index is 11.8. The van der Waals surface area contributed by atoms with Gasteiger partial charge in [0.1, 0.15) is 6.04 Å². The summed E-state index contributed by atoms with van der Waals surface area (Å²) in [5, 5.41) is 21.7. The number of carboxylic acid groups (broad SMARTS) is 1. The normalized spacial score (nSPS) is 20.5. The highest BCUT2D eigenvalue weighted by Crippen LogP contribution is 2.38. The second kappa shape index (κ2) is 11.1. The van der Waals surface area contributed by atoms with E-state index in [9.17, 15) is 9.90 Å². The third-order valence-corrected chi connectivity index (χ3v) is 7.16. The van der Waals surface area contributed by atoms with Crippen LogP contribution in [0.4, 0.5) is 0 Å². The van der Waals surface area contributed by atoms with E-state index in [1.807, 2.05) is 0 Å². The van der Waals surface area contributed by atoms with Crippen LogP contribution in [0.2, 0.25) is 6.32 Å². The highest BCUT2D eigenvalue weighted by molar-refractivity contribution is 6.25. The number of carbonyl (C=O) groups is 1. The second-order valence-electron chi connectivity index (χ2n) is 9.16. The number of carboxylic acids is 1. The number of aliphatic carboxylic acids is 1. The van der Waals surface area contributed by atoms with Gasteiger partial charge >= 0.3 is 5.97 Å². The van der Waals surface area contributed by atoms with E-state index < -0.39 is 12.0 Å². The molecule has 1 fully saturated rings. The lowest BCUT2D eigenvalue weighted by atomic mass is 9.82. The van der Waals surface area contributed by atoms with Crippen LogP contribution in [-0.2, 0) is 11.2 Å². The highest BCUT2D eigenvalue weighted by atomic mass is 16.4. The van der Waals surface area contributed by atoms with Crippen LogP contribution in [0.3, 0.4) is 0 Å². The van der Waals surface area contributed by atoms with E-state index >= 15 is 0 Å². The molecule has 0 saturated carbocycles. The monoisotopic (exact) mass is 433 g/mol. The lowest BCUT2D eigenvalue weighted by Crippen LogP contribution is -2.48. The quantitative estimate of drug-likeness (QED) is 0.413. The molecule has 1 saturated heterocycles. The van der Waals surface area contributed by atoms with Crippen molar-refractivity contribution in [1.82, 2.24) is 10.2 Å². The molecule has 2 aliphatic rings. The van der Waals surface area contributed by atoms with Gasteiger partial charge in [0.25, 0.3) is 7.48 Å². The topological polar surface area (TPSA) is 72.8 Å². The molecule has 0 bridgehead atoms. The van der Waals surface area contributed by atoms with Crippen LogP contribution < -0.4 is 5.32 Å². The lowest BCUT2D eigenvalue weighted by Gasteiger charge is -2.41. The molecule has 4 rings (SSSR count). The second-order valence-corrected chi connectivity index (χ2v) is 9.16. The molecule has 1 radical (unpaired) electrons. The molecule has 32 heavy (non-hydrogen) atoms. The summed E-state index contributed by atoms with van der Waals surface area (Å²) in [6, 6.07) is 17.5. The Labute approximate surface area is 192 Å². The van der Waals surface area contributed by atoms with E-state index in [4.69, 9.17) is 5.02 Å². The van der Waals surface area contributed by atoms with Gasteiger partial charge in [-0.05, 0) is 86.3 Å². The van der Waals surface area contributed by atoms with Gasteiger partial charge in [0.05, 0.1) is 0 Å². The number of hydrogen-bond donors (Lipinski definition) is 3. The number of hydrogen-bond acceptors (Lipinski definition) is 4. The molecule has 1 heterocycles. The van der Waals surface area contributed by atoms with Crippen molar-refractivity contribution in [1.29, 1.82) is 0 Å². The first-order chi connectivity index (χ1) is 15.7. The fourth-order valence-electron chi connectivity index (χ4n) is 5.45. The van der Waals surface area contributed by atoms with E-state index in [0.29, 0.717) is 18.9 Å². The van der Waals surface area contributed by atoms with Crippen molar-refractivity contribution in [3.63, 3.8) is 0 Å². The Hall–Kier alpha value is -2.15. The van der Waals surface area contributed by atoms with Gasteiger partial charge in [-0.2, -0.15) is 0 Å². The molecule has 2 aromatic carbocycles. The molecular formula is C26H34BN2O3. The summed E-state index contributed by atoms with van der Waals surface area (Å²) in [5.74, 6) is -0.599. The van der Waals surface area contributed by atoms with Crippen LogP contribution in [0.25, 0.3) is 11.1 Å². The Kier molecular flexibility index (Phi) is 8.01. The van der Waals surface area contributed by atoms with Crippen molar-refractivity contribution >= 4 is 13.5 Å². The van der Waals surface area contributed by atoms with Crippen molar-refractivity contribution < 1.29 is 14.9 Å². The highest BCUT2D eigenvalue weighted by Gasteiger charge is 2.34. The summed E-state index contributed by atoms with van der Waals surface area (Å²) in [4.78, 5) is 14.4. The maximum Gasteiger partial charge on any atom is 0.320 e. The van der Waals surface area contributed by atoms with E-state index in [-0.39, 0.29) is 5.92 Å². The standard InChI is InChI=1S/C26H34BN2O3/c30-26(31)25(28-15-5-14-27-32)20-12-16-29(17-13-20)24-9-4-8-22-18-21(10-11-23(22)24)19-6-2-1-3-7-19/h1-3,6-7,10-11,18,20,24-25,28,32H,4-5,8-9,12-17H2,(H,30,31). The molecule has 2 unspecified atom stereocenters. The zero-order valence-electron chi connectivity index (χ0n) is 18.7. The summed E-state index contributed by atoms with van der Waals surface area (Å²) in [7, 11) is 1.14. The summed E-state index contributed by atoms with van der Waals surface area (Å²) in [5.41, 5.74) is 5.48. The molecule has 1 aliphatic heterocycles. The Balaban J connectivity index is 1.39. The van der Waals surface area contributed by atoms with Gasteiger partial charge in [0, 0.05) is 6.04 Å². The Morgan fingerprint density at radius 3 is 2.59 bits per heavy atom. The van der Waals surface area contributed by atoms with Gasteiger partial charge in [-0.3, -0.25) is 9.69 Å². The van der Waals surface area contributed by atoms with E-state index in [1.54, 1.807) is 0 Å². The minimum atomic E-state index is -0.757. The Bertz CT molecular complexity index is 884. The smallest absolute Gasteiger partial charge is 0.320 e. The zero-order valence-corrected chi connectivity index (χ0v) is 18.7. The minimum absolute atomic E-state index is 0.158. The van der Waals surface area contributed by atoms with Crippen molar-refractivity contribution in [3.8, 4) is 11.1 Å². The third-order valence-electron chi connectivity index (χ3n) is 7.16. The number of aryl methyl sites for hydroxylation is 1. The van der Waals surface area contributed by atoms with Crippen molar-refractivity contribution in [2.24, 2.45) is 5.92 Å². The van der Waals surface area contributed by atoms with E-state index in [0.717, 1.165) is 46.3 Å². The first-order valence-electron chi connectivity index (χ1n) is 12.0. The number of rotatable bonds is 9. The van der Waals surface area contributed by atoms with Crippen LogP contribution in [-0.4, -0.2) is 54.2 Å². The average molecular weight is 433 g/mol. The van der Waals surface area contributed by atoms with Gasteiger partial charge in [-0.15, -0.1) is 0 Å². The largest absolute Gasteiger partial charge is 0.480 e. The molecule has 0 spiro atoms. The molecule has 1 aliphatic carbocycles.